The van der Waals surface area contributed by atoms with Crippen molar-refractivity contribution in [3.8, 4) is 5.75 Å². The maximum atomic E-state index is 12.6. The Morgan fingerprint density at radius 2 is 1.61 bits per heavy atom. The number of carbonyl (C=O) groups excluding carboxylic acids is 1. The molecule has 2 aromatic carbocycles. The predicted octanol–water partition coefficient (Wildman–Crippen LogP) is 4.78. The molecular formula is C22H24N4O2. The number of hydrogen-bond acceptors (Lipinski definition) is 5. The van der Waals surface area contributed by atoms with Crippen LogP contribution in [0.15, 0.2) is 60.9 Å². The zero-order valence-corrected chi connectivity index (χ0v) is 16.5. The van der Waals surface area contributed by atoms with Gasteiger partial charge in [-0.1, -0.05) is 39.0 Å². The van der Waals surface area contributed by atoms with E-state index in [9.17, 15) is 4.79 Å². The summed E-state index contributed by atoms with van der Waals surface area (Å²) in [6.45, 7) is 6.34. The van der Waals surface area contributed by atoms with Gasteiger partial charge in [-0.05, 0) is 41.3 Å². The third-order valence-corrected chi connectivity index (χ3v) is 4.24. The smallest absolute Gasteiger partial charge is 0.258 e. The van der Waals surface area contributed by atoms with E-state index in [1.54, 1.807) is 7.11 Å². The maximum absolute atomic E-state index is 12.6. The Morgan fingerprint density at radius 1 is 0.964 bits per heavy atom. The minimum atomic E-state index is -0.243. The normalized spacial score (nSPS) is 11.0. The van der Waals surface area contributed by atoms with Crippen LogP contribution in [-0.2, 0) is 5.41 Å². The molecule has 0 spiro atoms. The number of anilines is 3. The largest absolute Gasteiger partial charge is 0.497 e. The Labute approximate surface area is 165 Å². The van der Waals surface area contributed by atoms with Crippen LogP contribution in [-0.4, -0.2) is 23.0 Å². The average Bonchev–Trinajstić information content (AvgIpc) is 2.69. The molecule has 0 aliphatic rings. The summed E-state index contributed by atoms with van der Waals surface area (Å²) in [5.74, 6) is 0.943. The SMILES string of the molecule is COc1ccc(Nc2ncc(C(=O)Nc3ccccc3C(C)(C)C)cn2)cc1. The summed E-state index contributed by atoms with van der Waals surface area (Å²) in [6, 6.07) is 15.2. The fraction of sp³-hybridized carbons (Fsp3) is 0.227. The van der Waals surface area contributed by atoms with Gasteiger partial charge in [0.05, 0.1) is 12.7 Å². The molecule has 6 nitrogen and oxygen atoms in total. The number of methoxy groups -OCH3 is 1. The minimum Gasteiger partial charge on any atom is -0.497 e. The van der Waals surface area contributed by atoms with Crippen LogP contribution in [0.3, 0.4) is 0 Å². The van der Waals surface area contributed by atoms with E-state index < -0.39 is 0 Å². The molecule has 0 saturated carbocycles. The second-order valence-electron chi connectivity index (χ2n) is 7.40. The van der Waals surface area contributed by atoms with Crippen LogP contribution >= 0.6 is 0 Å². The number of nitrogens with zero attached hydrogens (tertiary/aromatic N) is 2. The number of nitrogens with one attached hydrogen (secondary N) is 2. The standard InChI is InChI=1S/C22H24N4O2/c1-22(2,3)18-7-5-6-8-19(18)26-20(27)15-13-23-21(24-14-15)25-16-9-11-17(28-4)12-10-16/h5-14H,1-4H3,(H,26,27)(H,23,24,25). The number of amides is 1. The van der Waals surface area contributed by atoms with Crippen molar-refractivity contribution in [2.24, 2.45) is 0 Å². The molecule has 0 saturated heterocycles. The van der Waals surface area contributed by atoms with Crippen molar-refractivity contribution in [2.75, 3.05) is 17.7 Å². The second kappa shape index (κ2) is 8.08. The van der Waals surface area contributed by atoms with Gasteiger partial charge in [0, 0.05) is 23.8 Å². The van der Waals surface area contributed by atoms with Crippen molar-refractivity contribution in [2.45, 2.75) is 26.2 Å². The summed E-state index contributed by atoms with van der Waals surface area (Å²) < 4.78 is 5.14. The maximum Gasteiger partial charge on any atom is 0.258 e. The number of rotatable bonds is 5. The lowest BCUT2D eigenvalue weighted by Crippen LogP contribution is -2.19. The number of benzene rings is 2. The van der Waals surface area contributed by atoms with Crippen LogP contribution in [0.25, 0.3) is 0 Å². The molecule has 6 heteroatoms. The molecule has 1 amide bonds. The molecule has 0 aliphatic carbocycles. The minimum absolute atomic E-state index is 0.0769. The van der Waals surface area contributed by atoms with Crippen LogP contribution in [0, 0.1) is 0 Å². The zero-order valence-electron chi connectivity index (χ0n) is 16.5. The Kier molecular flexibility index (Phi) is 5.59. The zero-order chi connectivity index (χ0) is 20.1. The number of ether oxygens (including phenoxy) is 1. The highest BCUT2D eigenvalue weighted by atomic mass is 16.5. The summed E-state index contributed by atoms with van der Waals surface area (Å²) in [4.78, 5) is 21.1. The van der Waals surface area contributed by atoms with Gasteiger partial charge in [-0.2, -0.15) is 0 Å². The first-order chi connectivity index (χ1) is 13.4. The molecular weight excluding hydrogens is 352 g/mol. The van der Waals surface area contributed by atoms with Crippen molar-refractivity contribution in [3.63, 3.8) is 0 Å². The lowest BCUT2D eigenvalue weighted by atomic mass is 9.86. The number of carbonyl (C=O) groups is 1. The van der Waals surface area contributed by atoms with Crippen LogP contribution < -0.4 is 15.4 Å². The van der Waals surface area contributed by atoms with E-state index in [2.05, 4.69) is 41.4 Å². The van der Waals surface area contributed by atoms with E-state index in [1.807, 2.05) is 48.5 Å². The summed E-state index contributed by atoms with van der Waals surface area (Å²) in [5.41, 5.74) is 3.01. The lowest BCUT2D eigenvalue weighted by Gasteiger charge is -2.22. The molecule has 2 N–H and O–H groups in total. The van der Waals surface area contributed by atoms with Crippen LogP contribution in [0.1, 0.15) is 36.7 Å². The van der Waals surface area contributed by atoms with Crippen molar-refractivity contribution >= 4 is 23.2 Å². The molecule has 3 aromatic rings. The molecule has 0 bridgehead atoms. The van der Waals surface area contributed by atoms with Gasteiger partial charge in [0.1, 0.15) is 5.75 Å². The summed E-state index contributed by atoms with van der Waals surface area (Å²) in [5, 5.41) is 6.05. The first-order valence-electron chi connectivity index (χ1n) is 9.01. The average molecular weight is 376 g/mol. The first kappa shape index (κ1) is 19.4. The highest BCUT2D eigenvalue weighted by Crippen LogP contribution is 2.29. The Morgan fingerprint density at radius 3 is 2.21 bits per heavy atom. The van der Waals surface area contributed by atoms with Gasteiger partial charge >= 0.3 is 0 Å². The highest BCUT2D eigenvalue weighted by molar-refractivity contribution is 6.04. The fourth-order valence-corrected chi connectivity index (χ4v) is 2.75. The van der Waals surface area contributed by atoms with Gasteiger partial charge in [0.25, 0.3) is 5.91 Å². The molecule has 1 heterocycles. The molecule has 1 aromatic heterocycles. The van der Waals surface area contributed by atoms with Crippen LogP contribution in [0.5, 0.6) is 5.75 Å². The van der Waals surface area contributed by atoms with Gasteiger partial charge in [-0.15, -0.1) is 0 Å². The predicted molar refractivity (Wildman–Crippen MR) is 111 cm³/mol. The number of para-hydroxylation sites is 1. The molecule has 0 atom stereocenters. The Hall–Kier alpha value is -3.41. The number of aromatic nitrogens is 2. The van der Waals surface area contributed by atoms with Gasteiger partial charge < -0.3 is 15.4 Å². The molecule has 3 rings (SSSR count). The molecule has 144 valence electrons. The van der Waals surface area contributed by atoms with Crippen molar-refractivity contribution in [1.29, 1.82) is 0 Å². The van der Waals surface area contributed by atoms with E-state index in [0.29, 0.717) is 11.5 Å². The van der Waals surface area contributed by atoms with E-state index in [-0.39, 0.29) is 11.3 Å². The van der Waals surface area contributed by atoms with Crippen molar-refractivity contribution < 1.29 is 9.53 Å². The molecule has 0 unspecified atom stereocenters. The van der Waals surface area contributed by atoms with Crippen molar-refractivity contribution in [1.82, 2.24) is 9.97 Å². The third-order valence-electron chi connectivity index (χ3n) is 4.24. The first-order valence-corrected chi connectivity index (χ1v) is 9.01. The van der Waals surface area contributed by atoms with E-state index in [4.69, 9.17) is 4.74 Å². The highest BCUT2D eigenvalue weighted by Gasteiger charge is 2.19. The molecule has 28 heavy (non-hydrogen) atoms. The summed E-state index contributed by atoms with van der Waals surface area (Å²) in [7, 11) is 1.62. The molecule has 0 radical (unpaired) electrons. The van der Waals surface area contributed by atoms with Crippen LogP contribution in [0.4, 0.5) is 17.3 Å². The lowest BCUT2D eigenvalue weighted by molar-refractivity contribution is 0.102. The van der Waals surface area contributed by atoms with Gasteiger partial charge in [0.15, 0.2) is 0 Å². The van der Waals surface area contributed by atoms with E-state index in [0.717, 1.165) is 22.7 Å². The third kappa shape index (κ3) is 4.65. The Bertz CT molecular complexity index is 946. The fourth-order valence-electron chi connectivity index (χ4n) is 2.75. The molecule has 0 fully saturated rings. The van der Waals surface area contributed by atoms with Crippen LogP contribution in [0.2, 0.25) is 0 Å². The summed E-state index contributed by atoms with van der Waals surface area (Å²) in [6.07, 6.45) is 3.02. The topological polar surface area (TPSA) is 76.1 Å². The van der Waals surface area contributed by atoms with E-state index >= 15 is 0 Å². The van der Waals surface area contributed by atoms with Gasteiger partial charge in [-0.25, -0.2) is 9.97 Å². The monoisotopic (exact) mass is 376 g/mol. The second-order valence-corrected chi connectivity index (χ2v) is 7.40. The van der Waals surface area contributed by atoms with Crippen molar-refractivity contribution in [3.05, 3.63) is 72.1 Å². The number of hydrogen-bond donors (Lipinski definition) is 2. The Balaban J connectivity index is 1.70. The quantitative estimate of drug-likeness (QED) is 0.670. The van der Waals surface area contributed by atoms with Gasteiger partial charge in [-0.3, -0.25) is 4.79 Å². The summed E-state index contributed by atoms with van der Waals surface area (Å²) >= 11 is 0. The molecule has 0 aliphatic heterocycles. The van der Waals surface area contributed by atoms with E-state index in [1.165, 1.54) is 12.4 Å². The van der Waals surface area contributed by atoms with Gasteiger partial charge in [0.2, 0.25) is 5.95 Å².